The monoisotopic (exact) mass is 221 g/mol. The zero-order valence-corrected chi connectivity index (χ0v) is 8.88. The van der Waals surface area contributed by atoms with Gasteiger partial charge in [-0.1, -0.05) is 5.92 Å². The summed E-state index contributed by atoms with van der Waals surface area (Å²) in [4.78, 5) is 3.94. The SMILES string of the molecule is C#CCOCNC(=S)Nc1cccnc1. The number of nitrogens with zero attached hydrogens (tertiary/aromatic N) is 1. The van der Waals surface area contributed by atoms with Gasteiger partial charge in [0.15, 0.2) is 5.11 Å². The molecular weight excluding hydrogens is 210 g/mol. The highest BCUT2D eigenvalue weighted by atomic mass is 32.1. The van der Waals surface area contributed by atoms with E-state index in [2.05, 4.69) is 21.5 Å². The van der Waals surface area contributed by atoms with Crippen molar-refractivity contribution in [2.24, 2.45) is 0 Å². The fourth-order valence-corrected chi connectivity index (χ4v) is 1.02. The lowest BCUT2D eigenvalue weighted by molar-refractivity contribution is 0.162. The van der Waals surface area contributed by atoms with E-state index in [9.17, 15) is 0 Å². The van der Waals surface area contributed by atoms with Crippen molar-refractivity contribution in [1.82, 2.24) is 10.3 Å². The van der Waals surface area contributed by atoms with Crippen molar-refractivity contribution in [2.45, 2.75) is 0 Å². The molecule has 0 aliphatic heterocycles. The second kappa shape index (κ2) is 6.76. The van der Waals surface area contributed by atoms with E-state index in [4.69, 9.17) is 23.4 Å². The normalized spacial score (nSPS) is 9.00. The molecule has 0 aliphatic rings. The van der Waals surface area contributed by atoms with Crippen LogP contribution in [0.3, 0.4) is 0 Å². The van der Waals surface area contributed by atoms with Crippen LogP contribution in [-0.2, 0) is 4.74 Å². The maximum absolute atomic E-state index is 5.01. The van der Waals surface area contributed by atoms with Crippen LogP contribution in [0, 0.1) is 12.3 Å². The second-order valence-corrected chi connectivity index (χ2v) is 2.98. The summed E-state index contributed by atoms with van der Waals surface area (Å²) < 4.78 is 5.00. The molecule has 0 amide bonds. The molecule has 0 aliphatic carbocycles. The van der Waals surface area contributed by atoms with E-state index in [1.807, 2.05) is 12.1 Å². The van der Waals surface area contributed by atoms with Gasteiger partial charge in [-0.25, -0.2) is 0 Å². The van der Waals surface area contributed by atoms with Gasteiger partial charge < -0.3 is 15.4 Å². The van der Waals surface area contributed by atoms with E-state index in [1.54, 1.807) is 12.4 Å². The highest BCUT2D eigenvalue weighted by molar-refractivity contribution is 7.80. The first kappa shape index (κ1) is 11.4. The molecule has 5 heteroatoms. The molecule has 78 valence electrons. The minimum atomic E-state index is 0.266. The molecule has 15 heavy (non-hydrogen) atoms. The largest absolute Gasteiger partial charge is 0.349 e. The Hall–Kier alpha value is -1.64. The fourth-order valence-electron chi connectivity index (χ4n) is 0.839. The first-order valence-corrected chi connectivity index (χ1v) is 4.70. The van der Waals surface area contributed by atoms with Crippen molar-refractivity contribution < 1.29 is 4.74 Å². The molecule has 0 saturated carbocycles. The van der Waals surface area contributed by atoms with Crippen LogP contribution in [0.4, 0.5) is 5.69 Å². The molecule has 1 rings (SSSR count). The molecule has 0 bridgehead atoms. The Balaban J connectivity index is 2.22. The van der Waals surface area contributed by atoms with Gasteiger partial charge in [0, 0.05) is 6.20 Å². The van der Waals surface area contributed by atoms with E-state index in [1.165, 1.54) is 0 Å². The van der Waals surface area contributed by atoms with Crippen LogP contribution in [0.25, 0.3) is 0 Å². The number of aromatic nitrogens is 1. The van der Waals surface area contributed by atoms with Gasteiger partial charge in [-0.3, -0.25) is 4.98 Å². The lowest BCUT2D eigenvalue weighted by Crippen LogP contribution is -2.30. The molecular formula is C10H11N3OS. The maximum atomic E-state index is 5.01. The van der Waals surface area contributed by atoms with Crippen LogP contribution in [0.2, 0.25) is 0 Å². The zero-order chi connectivity index (χ0) is 10.9. The minimum Gasteiger partial charge on any atom is -0.349 e. The van der Waals surface area contributed by atoms with Crippen molar-refractivity contribution in [3.63, 3.8) is 0 Å². The molecule has 0 atom stereocenters. The lowest BCUT2D eigenvalue weighted by Gasteiger charge is -2.09. The van der Waals surface area contributed by atoms with Crippen LogP contribution in [0.5, 0.6) is 0 Å². The Morgan fingerprint density at radius 2 is 2.53 bits per heavy atom. The Morgan fingerprint density at radius 1 is 1.67 bits per heavy atom. The van der Waals surface area contributed by atoms with Gasteiger partial charge >= 0.3 is 0 Å². The predicted molar refractivity (Wildman–Crippen MR) is 63.2 cm³/mol. The Morgan fingerprint density at radius 3 is 3.20 bits per heavy atom. The van der Waals surface area contributed by atoms with Gasteiger partial charge in [-0.15, -0.1) is 6.42 Å². The molecule has 2 N–H and O–H groups in total. The van der Waals surface area contributed by atoms with Crippen LogP contribution < -0.4 is 10.6 Å². The average Bonchev–Trinajstić information content (AvgIpc) is 2.26. The number of hydrogen-bond acceptors (Lipinski definition) is 3. The Labute approximate surface area is 94.0 Å². The molecule has 4 nitrogen and oxygen atoms in total. The number of ether oxygens (including phenoxy) is 1. The number of rotatable bonds is 4. The molecule has 0 spiro atoms. The number of hydrogen-bond donors (Lipinski definition) is 2. The van der Waals surface area contributed by atoms with Crippen molar-refractivity contribution in [3.05, 3.63) is 24.5 Å². The summed E-state index contributed by atoms with van der Waals surface area (Å²) in [6.07, 6.45) is 8.38. The van der Waals surface area contributed by atoms with E-state index >= 15 is 0 Å². The molecule has 0 unspecified atom stereocenters. The highest BCUT2D eigenvalue weighted by Crippen LogP contribution is 2.01. The number of pyridine rings is 1. The summed E-state index contributed by atoms with van der Waals surface area (Å²) in [6.45, 7) is 0.554. The van der Waals surface area contributed by atoms with E-state index in [0.717, 1.165) is 5.69 Å². The molecule has 0 saturated heterocycles. The third-order valence-electron chi connectivity index (χ3n) is 1.44. The molecule has 0 radical (unpaired) electrons. The first-order valence-electron chi connectivity index (χ1n) is 4.29. The van der Waals surface area contributed by atoms with Gasteiger partial charge in [0.2, 0.25) is 0 Å². The van der Waals surface area contributed by atoms with Gasteiger partial charge in [0.1, 0.15) is 13.3 Å². The van der Waals surface area contributed by atoms with Gasteiger partial charge in [-0.05, 0) is 24.4 Å². The van der Waals surface area contributed by atoms with E-state index in [0.29, 0.717) is 5.11 Å². The highest BCUT2D eigenvalue weighted by Gasteiger charge is 1.95. The van der Waals surface area contributed by atoms with Crippen LogP contribution in [0.15, 0.2) is 24.5 Å². The summed E-state index contributed by atoms with van der Waals surface area (Å²) >= 11 is 5.00. The van der Waals surface area contributed by atoms with E-state index < -0.39 is 0 Å². The van der Waals surface area contributed by atoms with Crippen molar-refractivity contribution in [3.8, 4) is 12.3 Å². The number of thiocarbonyl (C=S) groups is 1. The number of anilines is 1. The Kier molecular flexibility index (Phi) is 5.15. The van der Waals surface area contributed by atoms with Crippen LogP contribution in [-0.4, -0.2) is 23.4 Å². The summed E-state index contributed by atoms with van der Waals surface area (Å²) in [5, 5.41) is 6.26. The topological polar surface area (TPSA) is 46.2 Å². The van der Waals surface area contributed by atoms with Crippen molar-refractivity contribution in [2.75, 3.05) is 18.7 Å². The lowest BCUT2D eigenvalue weighted by atomic mass is 10.4. The third-order valence-corrected chi connectivity index (χ3v) is 1.69. The quantitative estimate of drug-likeness (QED) is 0.343. The predicted octanol–water partition coefficient (Wildman–Crippen LogP) is 0.975. The number of terminal acetylenes is 1. The third kappa shape index (κ3) is 4.96. The second-order valence-electron chi connectivity index (χ2n) is 2.57. The summed E-state index contributed by atoms with van der Waals surface area (Å²) in [6, 6.07) is 3.68. The van der Waals surface area contributed by atoms with Crippen molar-refractivity contribution in [1.29, 1.82) is 0 Å². The van der Waals surface area contributed by atoms with Gasteiger partial charge in [0.05, 0.1) is 11.9 Å². The molecule has 0 fully saturated rings. The maximum Gasteiger partial charge on any atom is 0.172 e. The fraction of sp³-hybridized carbons (Fsp3) is 0.200. The Bertz CT molecular complexity index is 347. The summed E-state index contributed by atoms with van der Waals surface area (Å²) in [5.74, 6) is 2.36. The van der Waals surface area contributed by atoms with Gasteiger partial charge in [0.25, 0.3) is 0 Å². The smallest absolute Gasteiger partial charge is 0.172 e. The summed E-state index contributed by atoms with van der Waals surface area (Å²) in [5.41, 5.74) is 0.826. The minimum absolute atomic E-state index is 0.266. The molecule has 1 aromatic rings. The molecule has 0 aromatic carbocycles. The zero-order valence-electron chi connectivity index (χ0n) is 8.06. The van der Waals surface area contributed by atoms with Crippen LogP contribution >= 0.6 is 12.2 Å². The average molecular weight is 221 g/mol. The molecule has 1 heterocycles. The standard InChI is InChI=1S/C10H11N3OS/c1-2-6-14-8-12-10(15)13-9-4-3-5-11-7-9/h1,3-5,7H,6,8H2,(H2,12,13,15). The summed E-state index contributed by atoms with van der Waals surface area (Å²) in [7, 11) is 0. The molecule has 1 aromatic heterocycles. The number of nitrogens with one attached hydrogen (secondary N) is 2. The van der Waals surface area contributed by atoms with E-state index in [-0.39, 0.29) is 13.3 Å². The van der Waals surface area contributed by atoms with Gasteiger partial charge in [-0.2, -0.15) is 0 Å². The van der Waals surface area contributed by atoms with Crippen LogP contribution in [0.1, 0.15) is 0 Å². The van der Waals surface area contributed by atoms with Crippen molar-refractivity contribution >= 4 is 23.0 Å². The first-order chi connectivity index (χ1) is 7.33.